The molecule has 0 aliphatic carbocycles. The monoisotopic (exact) mass is 339 g/mol. The fourth-order valence-electron chi connectivity index (χ4n) is 3.63. The summed E-state index contributed by atoms with van der Waals surface area (Å²) in [5, 5.41) is 9.04. The van der Waals surface area contributed by atoms with Gasteiger partial charge in [-0.1, -0.05) is 0 Å². The highest BCUT2D eigenvalue weighted by molar-refractivity contribution is 5.63. The number of hydrogen-bond donors (Lipinski definition) is 1. The summed E-state index contributed by atoms with van der Waals surface area (Å²) in [5.74, 6) is 1.86. The van der Waals surface area contributed by atoms with Gasteiger partial charge < -0.3 is 14.9 Å². The summed E-state index contributed by atoms with van der Waals surface area (Å²) in [4.78, 5) is 16.2. The molecule has 1 aromatic carbocycles. The highest BCUT2D eigenvalue weighted by Crippen LogP contribution is 2.27. The normalized spacial score (nSPS) is 17.8. The van der Waals surface area contributed by atoms with E-state index in [0.717, 1.165) is 62.9 Å². The molecule has 0 atom stereocenters. The lowest BCUT2D eigenvalue weighted by molar-refractivity contribution is 0.189. The van der Waals surface area contributed by atoms with Crippen LogP contribution in [0, 0.1) is 0 Å². The Morgan fingerprint density at radius 3 is 2.52 bits per heavy atom. The standard InChI is InChI=1S/C19H25N5O/c1-22-7-6-16-14-20-18(21-19(16)22)15-2-4-17(5-3-15)24-10-8-23(9-11-24)12-13-25/h2-5,14,25H,6-13H2,1H3. The average Bonchev–Trinajstić information content (AvgIpc) is 3.03. The van der Waals surface area contributed by atoms with Gasteiger partial charge in [0.05, 0.1) is 6.61 Å². The number of aromatic nitrogens is 2. The number of benzene rings is 1. The Morgan fingerprint density at radius 1 is 1.04 bits per heavy atom. The number of fused-ring (bicyclic) bond motifs is 1. The molecule has 25 heavy (non-hydrogen) atoms. The van der Waals surface area contributed by atoms with E-state index in [1.807, 2.05) is 6.20 Å². The zero-order valence-electron chi connectivity index (χ0n) is 14.7. The number of likely N-dealkylation sites (N-methyl/N-ethyl adjacent to an activating group) is 1. The Hall–Kier alpha value is -2.18. The van der Waals surface area contributed by atoms with Gasteiger partial charge in [-0.2, -0.15) is 0 Å². The van der Waals surface area contributed by atoms with Crippen LogP contribution < -0.4 is 9.80 Å². The summed E-state index contributed by atoms with van der Waals surface area (Å²) >= 11 is 0. The molecule has 0 unspecified atom stereocenters. The molecule has 1 N–H and O–H groups in total. The van der Waals surface area contributed by atoms with Gasteiger partial charge in [0.1, 0.15) is 5.82 Å². The van der Waals surface area contributed by atoms with Crippen molar-refractivity contribution in [2.24, 2.45) is 0 Å². The number of β-amino-alcohol motifs (C(OH)–C–C–N with tert-alkyl or cyclic N) is 1. The third kappa shape index (κ3) is 3.32. The number of piperazine rings is 1. The zero-order valence-corrected chi connectivity index (χ0v) is 14.7. The highest BCUT2D eigenvalue weighted by Gasteiger charge is 2.19. The van der Waals surface area contributed by atoms with Crippen LogP contribution in [0.5, 0.6) is 0 Å². The Bertz CT molecular complexity index is 725. The summed E-state index contributed by atoms with van der Waals surface area (Å²) in [5.41, 5.74) is 3.54. The number of anilines is 2. The Morgan fingerprint density at radius 2 is 1.80 bits per heavy atom. The van der Waals surface area contributed by atoms with Crippen molar-refractivity contribution >= 4 is 11.5 Å². The molecule has 2 aliphatic rings. The Kier molecular flexibility index (Phi) is 4.55. The second-order valence-electron chi connectivity index (χ2n) is 6.81. The third-order valence-corrected chi connectivity index (χ3v) is 5.20. The van der Waals surface area contributed by atoms with Crippen LogP contribution >= 0.6 is 0 Å². The predicted octanol–water partition coefficient (Wildman–Crippen LogP) is 1.25. The van der Waals surface area contributed by atoms with Crippen molar-refractivity contribution in [2.45, 2.75) is 6.42 Å². The fourth-order valence-corrected chi connectivity index (χ4v) is 3.63. The molecular formula is C19H25N5O. The van der Waals surface area contributed by atoms with Gasteiger partial charge in [0.15, 0.2) is 5.82 Å². The molecule has 0 spiro atoms. The van der Waals surface area contributed by atoms with Crippen LogP contribution in [0.25, 0.3) is 11.4 Å². The van der Waals surface area contributed by atoms with Gasteiger partial charge in [-0.05, 0) is 30.7 Å². The first-order chi connectivity index (χ1) is 12.2. The smallest absolute Gasteiger partial charge is 0.161 e. The Balaban J connectivity index is 1.47. The van der Waals surface area contributed by atoms with Crippen LogP contribution in [0.4, 0.5) is 11.5 Å². The van der Waals surface area contributed by atoms with Crippen molar-refractivity contribution in [2.75, 3.05) is 62.7 Å². The van der Waals surface area contributed by atoms with Crippen molar-refractivity contribution in [1.29, 1.82) is 0 Å². The van der Waals surface area contributed by atoms with Crippen molar-refractivity contribution in [3.05, 3.63) is 36.0 Å². The van der Waals surface area contributed by atoms with Gasteiger partial charge >= 0.3 is 0 Å². The highest BCUT2D eigenvalue weighted by atomic mass is 16.3. The lowest BCUT2D eigenvalue weighted by Crippen LogP contribution is -2.47. The van der Waals surface area contributed by atoms with E-state index in [1.54, 1.807) is 0 Å². The van der Waals surface area contributed by atoms with E-state index in [2.05, 4.69) is 51.0 Å². The first-order valence-corrected chi connectivity index (χ1v) is 9.00. The van der Waals surface area contributed by atoms with E-state index in [9.17, 15) is 0 Å². The molecule has 132 valence electrons. The topological polar surface area (TPSA) is 55.7 Å². The molecule has 2 aromatic rings. The van der Waals surface area contributed by atoms with Crippen LogP contribution in [0.15, 0.2) is 30.5 Å². The van der Waals surface area contributed by atoms with Gasteiger partial charge in [-0.25, -0.2) is 9.97 Å². The lowest BCUT2D eigenvalue weighted by Gasteiger charge is -2.35. The number of rotatable bonds is 4. The van der Waals surface area contributed by atoms with E-state index in [0.29, 0.717) is 0 Å². The molecule has 1 fully saturated rings. The van der Waals surface area contributed by atoms with Crippen LogP contribution in [0.2, 0.25) is 0 Å². The largest absolute Gasteiger partial charge is 0.395 e. The predicted molar refractivity (Wildman–Crippen MR) is 100 cm³/mol. The molecule has 0 bridgehead atoms. The quantitative estimate of drug-likeness (QED) is 0.905. The summed E-state index contributed by atoms with van der Waals surface area (Å²) in [6.45, 7) is 6.04. The minimum Gasteiger partial charge on any atom is -0.395 e. The van der Waals surface area contributed by atoms with Crippen LogP contribution in [-0.2, 0) is 6.42 Å². The molecule has 3 heterocycles. The van der Waals surface area contributed by atoms with Crippen LogP contribution in [-0.4, -0.2) is 72.9 Å². The third-order valence-electron chi connectivity index (χ3n) is 5.20. The van der Waals surface area contributed by atoms with Gasteiger partial charge in [-0.3, -0.25) is 4.90 Å². The van der Waals surface area contributed by atoms with Gasteiger partial charge in [0.2, 0.25) is 0 Å². The number of aliphatic hydroxyl groups excluding tert-OH is 1. The number of hydrogen-bond acceptors (Lipinski definition) is 6. The first-order valence-electron chi connectivity index (χ1n) is 9.00. The molecule has 6 heteroatoms. The maximum atomic E-state index is 9.04. The molecule has 0 saturated carbocycles. The zero-order chi connectivity index (χ0) is 17.2. The average molecular weight is 339 g/mol. The van der Waals surface area contributed by atoms with Gasteiger partial charge in [0.25, 0.3) is 0 Å². The summed E-state index contributed by atoms with van der Waals surface area (Å²) in [6, 6.07) is 8.56. The SMILES string of the molecule is CN1CCc2cnc(-c3ccc(N4CCN(CCO)CC4)cc3)nc21. The maximum Gasteiger partial charge on any atom is 0.161 e. The molecule has 1 aromatic heterocycles. The summed E-state index contributed by atoms with van der Waals surface area (Å²) in [6.07, 6.45) is 3.00. The van der Waals surface area contributed by atoms with E-state index < -0.39 is 0 Å². The van der Waals surface area contributed by atoms with E-state index in [1.165, 1.54) is 11.3 Å². The minimum absolute atomic E-state index is 0.241. The molecule has 2 aliphatic heterocycles. The second-order valence-corrected chi connectivity index (χ2v) is 6.81. The van der Waals surface area contributed by atoms with Crippen molar-refractivity contribution in [1.82, 2.24) is 14.9 Å². The fraction of sp³-hybridized carbons (Fsp3) is 0.474. The van der Waals surface area contributed by atoms with E-state index >= 15 is 0 Å². The number of aliphatic hydroxyl groups is 1. The first kappa shape index (κ1) is 16.3. The van der Waals surface area contributed by atoms with Crippen LogP contribution in [0.1, 0.15) is 5.56 Å². The molecule has 6 nitrogen and oxygen atoms in total. The summed E-state index contributed by atoms with van der Waals surface area (Å²) in [7, 11) is 2.09. The van der Waals surface area contributed by atoms with Crippen molar-refractivity contribution in [3.63, 3.8) is 0 Å². The minimum atomic E-state index is 0.241. The van der Waals surface area contributed by atoms with Crippen molar-refractivity contribution in [3.8, 4) is 11.4 Å². The second kappa shape index (κ2) is 6.98. The van der Waals surface area contributed by atoms with Gasteiger partial charge in [0, 0.05) is 69.3 Å². The maximum absolute atomic E-state index is 9.04. The van der Waals surface area contributed by atoms with Gasteiger partial charge in [-0.15, -0.1) is 0 Å². The summed E-state index contributed by atoms with van der Waals surface area (Å²) < 4.78 is 0. The molecule has 1 saturated heterocycles. The molecule has 0 amide bonds. The Labute approximate surface area is 148 Å². The van der Waals surface area contributed by atoms with E-state index in [-0.39, 0.29) is 6.61 Å². The van der Waals surface area contributed by atoms with E-state index in [4.69, 9.17) is 10.1 Å². The molecular weight excluding hydrogens is 314 g/mol. The molecule has 4 rings (SSSR count). The number of nitrogens with zero attached hydrogens (tertiary/aromatic N) is 5. The molecule has 0 radical (unpaired) electrons. The van der Waals surface area contributed by atoms with Crippen molar-refractivity contribution < 1.29 is 5.11 Å². The lowest BCUT2D eigenvalue weighted by atomic mass is 10.1. The van der Waals surface area contributed by atoms with Crippen LogP contribution in [0.3, 0.4) is 0 Å².